The molecule has 0 radical (unpaired) electrons. The van der Waals surface area contributed by atoms with Gasteiger partial charge in [-0.25, -0.2) is 4.79 Å². The van der Waals surface area contributed by atoms with E-state index in [0.717, 1.165) is 22.4 Å². The minimum atomic E-state index is -0.501. The van der Waals surface area contributed by atoms with Crippen LogP contribution in [0.5, 0.6) is 0 Å². The minimum absolute atomic E-state index is 0.293. The molecular formula is C21H25NO3S. The summed E-state index contributed by atoms with van der Waals surface area (Å²) in [7, 11) is 0. The molecule has 1 heterocycles. The maximum Gasteiger partial charge on any atom is 0.340 e. The van der Waals surface area contributed by atoms with Gasteiger partial charge >= 0.3 is 5.97 Å². The van der Waals surface area contributed by atoms with Crippen LogP contribution in [0.3, 0.4) is 0 Å². The number of nitrogens with one attached hydrogen (secondary N) is 1. The van der Waals surface area contributed by atoms with Crippen LogP contribution in [-0.4, -0.2) is 24.0 Å². The summed E-state index contributed by atoms with van der Waals surface area (Å²) in [5.41, 5.74) is 2.16. The number of esters is 1. The van der Waals surface area contributed by atoms with Gasteiger partial charge in [-0.15, -0.1) is 11.3 Å². The molecule has 4 nitrogen and oxygen atoms in total. The van der Waals surface area contributed by atoms with Gasteiger partial charge in [-0.1, -0.05) is 42.8 Å². The molecule has 138 valence electrons. The van der Waals surface area contributed by atoms with E-state index < -0.39 is 5.97 Å². The molecule has 0 aliphatic heterocycles. The quantitative estimate of drug-likeness (QED) is 0.578. The van der Waals surface area contributed by atoms with E-state index in [4.69, 9.17) is 4.74 Å². The maximum atomic E-state index is 12.6. The summed E-state index contributed by atoms with van der Waals surface area (Å²) >= 11 is 1.46. The molecule has 1 N–H and O–H groups in total. The Morgan fingerprint density at radius 2 is 2.00 bits per heavy atom. The van der Waals surface area contributed by atoms with Crippen molar-refractivity contribution in [1.82, 2.24) is 5.32 Å². The van der Waals surface area contributed by atoms with E-state index >= 15 is 0 Å². The monoisotopic (exact) mass is 371 g/mol. The van der Waals surface area contributed by atoms with Gasteiger partial charge in [0.15, 0.2) is 6.61 Å². The Morgan fingerprint density at radius 3 is 2.62 bits per heavy atom. The first-order chi connectivity index (χ1) is 12.3. The Morgan fingerprint density at radius 1 is 1.23 bits per heavy atom. The van der Waals surface area contributed by atoms with Crippen molar-refractivity contribution in [2.24, 2.45) is 0 Å². The molecule has 2 rings (SSSR count). The number of benzene rings is 1. The van der Waals surface area contributed by atoms with E-state index in [0.29, 0.717) is 5.57 Å². The number of carbonyl (C=O) groups excluding carboxylic acids is 2. The fourth-order valence-corrected chi connectivity index (χ4v) is 3.03. The molecule has 2 aromatic rings. The molecule has 0 saturated heterocycles. The normalized spacial score (nSPS) is 11.9. The Labute approximate surface area is 158 Å². The van der Waals surface area contributed by atoms with Crippen molar-refractivity contribution in [3.8, 4) is 0 Å². The summed E-state index contributed by atoms with van der Waals surface area (Å²) < 4.78 is 5.27. The summed E-state index contributed by atoms with van der Waals surface area (Å²) in [4.78, 5) is 25.4. The van der Waals surface area contributed by atoms with Crippen molar-refractivity contribution < 1.29 is 14.3 Å². The van der Waals surface area contributed by atoms with Gasteiger partial charge in [-0.3, -0.25) is 4.79 Å². The zero-order valence-corrected chi connectivity index (χ0v) is 16.5. The highest BCUT2D eigenvalue weighted by molar-refractivity contribution is 7.11. The van der Waals surface area contributed by atoms with Gasteiger partial charge in [0, 0.05) is 10.4 Å². The summed E-state index contributed by atoms with van der Waals surface area (Å²) in [6.07, 6.45) is 2.59. The number of amides is 1. The molecule has 0 bridgehead atoms. The predicted molar refractivity (Wildman–Crippen MR) is 107 cm³/mol. The SMILES string of the molecule is CCC(C)(C)NC(=O)COC(=O)/C(=C/c1cccc(C)c1)c1cccs1. The fourth-order valence-electron chi connectivity index (χ4n) is 2.30. The second-order valence-corrected chi connectivity index (χ2v) is 7.76. The number of aryl methyl sites for hydroxylation is 1. The van der Waals surface area contributed by atoms with Gasteiger partial charge in [0.2, 0.25) is 0 Å². The largest absolute Gasteiger partial charge is 0.452 e. The molecule has 0 fully saturated rings. The van der Waals surface area contributed by atoms with Gasteiger partial charge in [-0.2, -0.15) is 0 Å². The van der Waals surface area contributed by atoms with Crippen LogP contribution in [0, 0.1) is 6.92 Å². The van der Waals surface area contributed by atoms with Crippen LogP contribution < -0.4 is 5.32 Å². The molecule has 0 aliphatic rings. The highest BCUT2D eigenvalue weighted by atomic mass is 32.1. The van der Waals surface area contributed by atoms with E-state index in [1.54, 1.807) is 6.08 Å². The van der Waals surface area contributed by atoms with Crippen LogP contribution in [0.25, 0.3) is 11.6 Å². The van der Waals surface area contributed by atoms with Crippen LogP contribution in [-0.2, 0) is 14.3 Å². The average Bonchev–Trinajstić information content (AvgIpc) is 3.11. The lowest BCUT2D eigenvalue weighted by molar-refractivity contribution is -0.143. The first kappa shape index (κ1) is 19.9. The molecule has 0 saturated carbocycles. The fraction of sp³-hybridized carbons (Fsp3) is 0.333. The lowest BCUT2D eigenvalue weighted by Crippen LogP contribution is -2.44. The number of hydrogen-bond donors (Lipinski definition) is 1. The van der Waals surface area contributed by atoms with E-state index in [2.05, 4.69) is 5.32 Å². The van der Waals surface area contributed by atoms with E-state index in [1.807, 2.05) is 69.5 Å². The molecule has 26 heavy (non-hydrogen) atoms. The Kier molecular flexibility index (Phi) is 6.75. The summed E-state index contributed by atoms with van der Waals surface area (Å²) in [6, 6.07) is 11.6. The zero-order valence-electron chi connectivity index (χ0n) is 15.7. The van der Waals surface area contributed by atoms with Crippen molar-refractivity contribution in [2.45, 2.75) is 39.7 Å². The Hall–Kier alpha value is -2.40. The zero-order chi connectivity index (χ0) is 19.2. The van der Waals surface area contributed by atoms with Crippen LogP contribution >= 0.6 is 11.3 Å². The van der Waals surface area contributed by atoms with Crippen LogP contribution in [0.15, 0.2) is 41.8 Å². The number of ether oxygens (including phenoxy) is 1. The van der Waals surface area contributed by atoms with Gasteiger partial charge in [0.25, 0.3) is 5.91 Å². The highest BCUT2D eigenvalue weighted by Crippen LogP contribution is 2.24. The van der Waals surface area contributed by atoms with Crippen molar-refractivity contribution in [3.63, 3.8) is 0 Å². The van der Waals surface area contributed by atoms with Gasteiger partial charge in [-0.05, 0) is 50.3 Å². The Bertz CT molecular complexity index is 791. The van der Waals surface area contributed by atoms with Crippen molar-refractivity contribution in [3.05, 3.63) is 57.8 Å². The molecule has 1 aromatic carbocycles. The maximum absolute atomic E-state index is 12.6. The summed E-state index contributed by atoms with van der Waals surface area (Å²) in [6.45, 7) is 7.56. The molecule has 1 amide bonds. The molecular weight excluding hydrogens is 346 g/mol. The smallest absolute Gasteiger partial charge is 0.340 e. The first-order valence-electron chi connectivity index (χ1n) is 8.61. The van der Waals surface area contributed by atoms with Crippen LogP contribution in [0.4, 0.5) is 0 Å². The highest BCUT2D eigenvalue weighted by Gasteiger charge is 2.20. The number of thiophene rings is 1. The van der Waals surface area contributed by atoms with Crippen LogP contribution in [0.1, 0.15) is 43.2 Å². The molecule has 5 heteroatoms. The number of carbonyl (C=O) groups is 2. The molecule has 0 unspecified atom stereocenters. The van der Waals surface area contributed by atoms with Gasteiger partial charge in [0.1, 0.15) is 0 Å². The third-order valence-electron chi connectivity index (χ3n) is 4.06. The van der Waals surface area contributed by atoms with Gasteiger partial charge in [0.05, 0.1) is 5.57 Å². The minimum Gasteiger partial charge on any atom is -0.452 e. The van der Waals surface area contributed by atoms with E-state index in [1.165, 1.54) is 11.3 Å². The topological polar surface area (TPSA) is 55.4 Å². The van der Waals surface area contributed by atoms with Gasteiger partial charge < -0.3 is 10.1 Å². The summed E-state index contributed by atoms with van der Waals surface area (Å²) in [5, 5.41) is 4.77. The molecule has 0 spiro atoms. The third kappa shape index (κ3) is 5.85. The molecule has 0 atom stereocenters. The van der Waals surface area contributed by atoms with Crippen LogP contribution in [0.2, 0.25) is 0 Å². The third-order valence-corrected chi connectivity index (χ3v) is 4.96. The lowest BCUT2D eigenvalue weighted by Gasteiger charge is -2.24. The second-order valence-electron chi connectivity index (χ2n) is 6.81. The predicted octanol–water partition coefficient (Wildman–Crippen LogP) is 4.45. The molecule has 0 aliphatic carbocycles. The van der Waals surface area contributed by atoms with E-state index in [-0.39, 0.29) is 18.1 Å². The Balaban J connectivity index is 2.14. The second kappa shape index (κ2) is 8.81. The lowest BCUT2D eigenvalue weighted by atomic mass is 10.0. The number of hydrogen-bond acceptors (Lipinski definition) is 4. The van der Waals surface area contributed by atoms with E-state index in [9.17, 15) is 9.59 Å². The van der Waals surface area contributed by atoms with Crippen molar-refractivity contribution in [1.29, 1.82) is 0 Å². The number of rotatable bonds is 7. The van der Waals surface area contributed by atoms with Crippen molar-refractivity contribution in [2.75, 3.05) is 6.61 Å². The summed E-state index contributed by atoms with van der Waals surface area (Å²) in [5.74, 6) is -0.801. The molecule has 1 aromatic heterocycles. The first-order valence-corrected chi connectivity index (χ1v) is 9.49. The van der Waals surface area contributed by atoms with Crippen molar-refractivity contribution >= 4 is 34.9 Å². The standard InChI is InChI=1S/C21H25NO3S/c1-5-21(3,4)22-19(23)14-25-20(24)17(18-10-7-11-26-18)13-16-9-6-8-15(2)12-16/h6-13H,5,14H2,1-4H3,(H,22,23)/b17-13+. The average molecular weight is 372 g/mol.